The highest BCUT2D eigenvalue weighted by molar-refractivity contribution is 7.09. The van der Waals surface area contributed by atoms with E-state index in [-0.39, 0.29) is 0 Å². The molecule has 0 aliphatic carbocycles. The average molecular weight is 229 g/mol. The lowest BCUT2D eigenvalue weighted by Crippen LogP contribution is -2.25. The van der Waals surface area contributed by atoms with Crippen LogP contribution in [0.3, 0.4) is 0 Å². The minimum Gasteiger partial charge on any atom is -0.367 e. The summed E-state index contributed by atoms with van der Waals surface area (Å²) in [6.45, 7) is 8.63. The third-order valence-corrected chi connectivity index (χ3v) is 2.95. The molecule has 0 radical (unpaired) electrons. The molecule has 0 saturated heterocycles. The van der Waals surface area contributed by atoms with Crippen LogP contribution in [-0.4, -0.2) is 40.4 Å². The summed E-state index contributed by atoms with van der Waals surface area (Å²) in [4.78, 5) is 6.43. The molecule has 1 rings (SSSR count). The van der Waals surface area contributed by atoms with E-state index in [4.69, 9.17) is 5.73 Å². The number of anilines is 2. The zero-order valence-electron chi connectivity index (χ0n) is 9.36. The molecule has 6 heteroatoms. The minimum absolute atomic E-state index is 0.353. The first kappa shape index (κ1) is 12.2. The number of nitrogens with zero attached hydrogens (tertiary/aromatic N) is 3. The Bertz CT molecular complexity index is 271. The van der Waals surface area contributed by atoms with Crippen molar-refractivity contribution in [3.05, 3.63) is 0 Å². The van der Waals surface area contributed by atoms with Gasteiger partial charge < -0.3 is 16.0 Å². The molecular weight excluding hydrogens is 210 g/mol. The maximum atomic E-state index is 5.41. The van der Waals surface area contributed by atoms with Crippen LogP contribution in [0.2, 0.25) is 0 Å². The van der Waals surface area contributed by atoms with Gasteiger partial charge in [0.25, 0.3) is 0 Å². The number of nitrogen functional groups attached to an aromatic ring is 1. The Morgan fingerprint density at radius 2 is 2.13 bits per heavy atom. The van der Waals surface area contributed by atoms with Gasteiger partial charge in [-0.25, -0.2) is 0 Å². The molecule has 0 spiro atoms. The molecule has 0 atom stereocenters. The normalized spacial score (nSPS) is 10.9. The molecule has 0 aliphatic heterocycles. The van der Waals surface area contributed by atoms with Gasteiger partial charge in [0.05, 0.1) is 0 Å². The smallest absolute Gasteiger partial charge is 0.233 e. The van der Waals surface area contributed by atoms with Crippen molar-refractivity contribution in [3.63, 3.8) is 0 Å². The summed E-state index contributed by atoms with van der Waals surface area (Å²) in [7, 11) is 0. The summed E-state index contributed by atoms with van der Waals surface area (Å²) in [5, 5.41) is 4.02. The van der Waals surface area contributed by atoms with Crippen LogP contribution in [0, 0.1) is 0 Å². The summed E-state index contributed by atoms with van der Waals surface area (Å²) >= 11 is 1.31. The highest BCUT2D eigenvalue weighted by Gasteiger charge is 2.00. The van der Waals surface area contributed by atoms with Crippen molar-refractivity contribution >= 4 is 22.6 Å². The Labute approximate surface area is 94.9 Å². The van der Waals surface area contributed by atoms with Gasteiger partial charge in [-0.15, -0.1) is 0 Å². The van der Waals surface area contributed by atoms with Crippen LogP contribution in [0.25, 0.3) is 0 Å². The molecule has 0 saturated carbocycles. The van der Waals surface area contributed by atoms with E-state index in [1.165, 1.54) is 11.5 Å². The summed E-state index contributed by atoms with van der Waals surface area (Å²) in [6, 6.07) is 0. The molecule has 0 aliphatic rings. The van der Waals surface area contributed by atoms with Gasteiger partial charge in [-0.2, -0.15) is 9.36 Å². The fourth-order valence-electron chi connectivity index (χ4n) is 1.34. The first-order chi connectivity index (χ1) is 7.26. The molecule has 5 nitrogen and oxygen atoms in total. The van der Waals surface area contributed by atoms with E-state index >= 15 is 0 Å². The molecule has 3 N–H and O–H groups in total. The second kappa shape index (κ2) is 6.58. The van der Waals surface area contributed by atoms with Crippen molar-refractivity contribution in [3.8, 4) is 0 Å². The fourth-order valence-corrected chi connectivity index (χ4v) is 1.87. The van der Waals surface area contributed by atoms with Crippen LogP contribution in [0.4, 0.5) is 11.1 Å². The van der Waals surface area contributed by atoms with Crippen LogP contribution in [0.5, 0.6) is 0 Å². The Morgan fingerprint density at radius 3 is 2.67 bits per heavy atom. The van der Waals surface area contributed by atoms with Crippen molar-refractivity contribution in [2.75, 3.05) is 37.2 Å². The van der Waals surface area contributed by atoms with E-state index in [9.17, 15) is 0 Å². The first-order valence-electron chi connectivity index (χ1n) is 5.31. The Kier molecular flexibility index (Phi) is 5.34. The zero-order valence-corrected chi connectivity index (χ0v) is 10.2. The van der Waals surface area contributed by atoms with Gasteiger partial charge in [0.1, 0.15) is 0 Å². The SMILES string of the molecule is CCN(CC)CCCNc1nc(N)ns1. The molecule has 0 bridgehead atoms. The van der Waals surface area contributed by atoms with Crippen LogP contribution in [-0.2, 0) is 0 Å². The molecule has 1 aromatic heterocycles. The summed E-state index contributed by atoms with van der Waals surface area (Å²) in [5.41, 5.74) is 5.41. The Balaban J connectivity index is 2.11. The molecule has 0 aromatic carbocycles. The van der Waals surface area contributed by atoms with Crippen molar-refractivity contribution < 1.29 is 0 Å². The summed E-state index contributed by atoms with van der Waals surface area (Å²) in [6.07, 6.45) is 1.11. The lowest BCUT2D eigenvalue weighted by molar-refractivity contribution is 0.303. The number of hydrogen-bond donors (Lipinski definition) is 2. The second-order valence-corrected chi connectivity index (χ2v) is 4.02. The van der Waals surface area contributed by atoms with Crippen molar-refractivity contribution in [1.29, 1.82) is 0 Å². The predicted molar refractivity (Wildman–Crippen MR) is 65.2 cm³/mol. The van der Waals surface area contributed by atoms with E-state index in [0.29, 0.717) is 5.95 Å². The standard InChI is InChI=1S/C9H19N5S/c1-3-14(4-2)7-5-6-11-9-12-8(10)13-15-9/h3-7H2,1-2H3,(H3,10,11,12,13). The van der Waals surface area contributed by atoms with Gasteiger partial charge in [-0.3, -0.25) is 0 Å². The van der Waals surface area contributed by atoms with Crippen LogP contribution in [0.1, 0.15) is 20.3 Å². The van der Waals surface area contributed by atoms with Crippen molar-refractivity contribution in [2.24, 2.45) is 0 Å². The van der Waals surface area contributed by atoms with Crippen molar-refractivity contribution in [1.82, 2.24) is 14.3 Å². The average Bonchev–Trinajstić information content (AvgIpc) is 2.65. The monoisotopic (exact) mass is 229 g/mol. The molecule has 1 aromatic rings. The number of aromatic nitrogens is 2. The maximum absolute atomic E-state index is 5.41. The number of nitrogens with two attached hydrogens (primary N) is 1. The number of nitrogens with one attached hydrogen (secondary N) is 1. The highest BCUT2D eigenvalue weighted by Crippen LogP contribution is 2.11. The van der Waals surface area contributed by atoms with Crippen LogP contribution >= 0.6 is 11.5 Å². The van der Waals surface area contributed by atoms with E-state index in [1.54, 1.807) is 0 Å². The van der Waals surface area contributed by atoms with Gasteiger partial charge >= 0.3 is 0 Å². The topological polar surface area (TPSA) is 67.1 Å². The van der Waals surface area contributed by atoms with Gasteiger partial charge in [-0.1, -0.05) is 13.8 Å². The second-order valence-electron chi connectivity index (χ2n) is 3.26. The van der Waals surface area contributed by atoms with E-state index in [1.807, 2.05) is 0 Å². The molecule has 86 valence electrons. The van der Waals surface area contributed by atoms with Crippen LogP contribution in [0.15, 0.2) is 0 Å². The minimum atomic E-state index is 0.353. The highest BCUT2D eigenvalue weighted by atomic mass is 32.1. The molecule has 15 heavy (non-hydrogen) atoms. The van der Waals surface area contributed by atoms with E-state index < -0.39 is 0 Å². The van der Waals surface area contributed by atoms with Crippen LogP contribution < -0.4 is 11.1 Å². The fraction of sp³-hybridized carbons (Fsp3) is 0.778. The molecule has 1 heterocycles. The third kappa shape index (κ3) is 4.44. The first-order valence-corrected chi connectivity index (χ1v) is 6.09. The van der Waals surface area contributed by atoms with Crippen molar-refractivity contribution in [2.45, 2.75) is 20.3 Å². The quantitative estimate of drug-likeness (QED) is 0.689. The van der Waals surface area contributed by atoms with Gasteiger partial charge in [0.2, 0.25) is 11.1 Å². The Morgan fingerprint density at radius 1 is 1.40 bits per heavy atom. The number of rotatable bonds is 7. The van der Waals surface area contributed by atoms with Gasteiger partial charge in [-0.05, 0) is 26.1 Å². The lowest BCUT2D eigenvalue weighted by atomic mass is 10.3. The van der Waals surface area contributed by atoms with E-state index in [2.05, 4.69) is 33.4 Å². The molecule has 0 unspecified atom stereocenters. The molecular formula is C9H19N5S. The summed E-state index contributed by atoms with van der Waals surface area (Å²) in [5.74, 6) is 0.353. The zero-order chi connectivity index (χ0) is 11.1. The van der Waals surface area contributed by atoms with E-state index in [0.717, 1.165) is 37.7 Å². The van der Waals surface area contributed by atoms with Gasteiger partial charge in [0.15, 0.2) is 0 Å². The number of hydrogen-bond acceptors (Lipinski definition) is 6. The largest absolute Gasteiger partial charge is 0.367 e. The summed E-state index contributed by atoms with van der Waals surface area (Å²) < 4.78 is 3.90. The maximum Gasteiger partial charge on any atom is 0.233 e. The molecule has 0 fully saturated rings. The predicted octanol–water partition coefficient (Wildman–Crippen LogP) is 1.26. The van der Waals surface area contributed by atoms with Gasteiger partial charge in [0, 0.05) is 18.1 Å². The lowest BCUT2D eigenvalue weighted by Gasteiger charge is -2.17. The third-order valence-electron chi connectivity index (χ3n) is 2.26. The molecule has 0 amide bonds. The Hall–Kier alpha value is -0.880.